The molecule has 0 aliphatic carbocycles. The molecule has 0 spiro atoms. The van der Waals surface area contributed by atoms with E-state index in [0.29, 0.717) is 12.1 Å². The predicted molar refractivity (Wildman–Crippen MR) is 62.6 cm³/mol. The van der Waals surface area contributed by atoms with Crippen LogP contribution in [0.5, 0.6) is 0 Å². The fourth-order valence-electron chi connectivity index (χ4n) is 1.84. The van der Waals surface area contributed by atoms with E-state index in [0.717, 1.165) is 11.4 Å². The third-order valence-electron chi connectivity index (χ3n) is 2.70. The van der Waals surface area contributed by atoms with E-state index in [1.807, 2.05) is 47.1 Å². The van der Waals surface area contributed by atoms with Gasteiger partial charge in [-0.3, -0.25) is 0 Å². The Kier molecular flexibility index (Phi) is 2.42. The topological polar surface area (TPSA) is 50.7 Å². The summed E-state index contributed by atoms with van der Waals surface area (Å²) < 4.78 is 7.09. The second-order valence-electron chi connectivity index (χ2n) is 3.93. The van der Waals surface area contributed by atoms with E-state index < -0.39 is 6.10 Å². The van der Waals surface area contributed by atoms with Gasteiger partial charge in [0.2, 0.25) is 0 Å². The Labute approximate surface area is 98.1 Å². The number of imidazole rings is 1. The van der Waals surface area contributed by atoms with Crippen molar-refractivity contribution in [3.8, 4) is 0 Å². The first-order chi connectivity index (χ1) is 8.33. The highest BCUT2D eigenvalue weighted by atomic mass is 16.3. The molecule has 17 heavy (non-hydrogen) atoms. The van der Waals surface area contributed by atoms with Crippen LogP contribution in [0.2, 0.25) is 0 Å². The molecule has 0 aliphatic heterocycles. The van der Waals surface area contributed by atoms with Gasteiger partial charge < -0.3 is 13.9 Å². The molecule has 0 fully saturated rings. The third kappa shape index (κ3) is 1.94. The molecule has 3 heterocycles. The van der Waals surface area contributed by atoms with E-state index in [-0.39, 0.29) is 0 Å². The Morgan fingerprint density at radius 1 is 1.29 bits per heavy atom. The van der Waals surface area contributed by atoms with Crippen LogP contribution in [0.4, 0.5) is 0 Å². The van der Waals surface area contributed by atoms with Crippen molar-refractivity contribution >= 4 is 5.65 Å². The standard InChI is InChI=1S/C13H12N2O2/c16-12(8-10-4-3-7-17-10)11-9-15-6-2-1-5-13(15)14-11/h1-7,9,12,16H,8H2. The number of pyridine rings is 1. The zero-order valence-corrected chi connectivity index (χ0v) is 9.15. The second-order valence-corrected chi connectivity index (χ2v) is 3.93. The minimum Gasteiger partial charge on any atom is -0.469 e. The smallest absolute Gasteiger partial charge is 0.137 e. The Bertz CT molecular complexity index is 580. The third-order valence-corrected chi connectivity index (χ3v) is 2.70. The summed E-state index contributed by atoms with van der Waals surface area (Å²) in [5.41, 5.74) is 1.49. The Hall–Kier alpha value is -2.07. The Morgan fingerprint density at radius 2 is 2.24 bits per heavy atom. The molecule has 4 heteroatoms. The van der Waals surface area contributed by atoms with Crippen molar-refractivity contribution in [3.63, 3.8) is 0 Å². The van der Waals surface area contributed by atoms with Crippen molar-refractivity contribution in [3.05, 3.63) is 60.4 Å². The quantitative estimate of drug-likeness (QED) is 0.747. The Morgan fingerprint density at radius 3 is 3.00 bits per heavy atom. The van der Waals surface area contributed by atoms with Gasteiger partial charge in [0, 0.05) is 18.8 Å². The lowest BCUT2D eigenvalue weighted by molar-refractivity contribution is 0.166. The van der Waals surface area contributed by atoms with Gasteiger partial charge in [0.15, 0.2) is 0 Å². The molecule has 3 aromatic rings. The number of aromatic nitrogens is 2. The maximum atomic E-state index is 10.1. The van der Waals surface area contributed by atoms with Gasteiger partial charge in [-0.25, -0.2) is 4.98 Å². The SMILES string of the molecule is OC(Cc1ccco1)c1cn2ccccc2n1. The first-order valence-corrected chi connectivity index (χ1v) is 5.47. The number of aliphatic hydroxyl groups excluding tert-OH is 1. The zero-order chi connectivity index (χ0) is 11.7. The van der Waals surface area contributed by atoms with E-state index >= 15 is 0 Å². The normalized spacial score (nSPS) is 13.0. The molecule has 1 N–H and O–H groups in total. The molecule has 1 unspecified atom stereocenters. The molecule has 3 aromatic heterocycles. The van der Waals surface area contributed by atoms with Crippen molar-refractivity contribution in [1.29, 1.82) is 0 Å². The summed E-state index contributed by atoms with van der Waals surface area (Å²) in [6, 6.07) is 9.41. The molecule has 0 saturated heterocycles. The van der Waals surface area contributed by atoms with Gasteiger partial charge in [0.05, 0.1) is 12.0 Å². The Balaban J connectivity index is 1.88. The molecule has 0 aliphatic rings. The van der Waals surface area contributed by atoms with Crippen molar-refractivity contribution in [2.75, 3.05) is 0 Å². The summed E-state index contributed by atoms with van der Waals surface area (Å²) in [4.78, 5) is 4.36. The molecule has 0 amide bonds. The van der Waals surface area contributed by atoms with Crippen molar-refractivity contribution < 1.29 is 9.52 Å². The van der Waals surface area contributed by atoms with Crippen LogP contribution < -0.4 is 0 Å². The first kappa shape index (κ1) is 10.1. The maximum absolute atomic E-state index is 10.1. The van der Waals surface area contributed by atoms with Crippen LogP contribution in [0.3, 0.4) is 0 Å². The first-order valence-electron chi connectivity index (χ1n) is 5.47. The molecular formula is C13H12N2O2. The fraction of sp³-hybridized carbons (Fsp3) is 0.154. The largest absolute Gasteiger partial charge is 0.469 e. The van der Waals surface area contributed by atoms with E-state index in [4.69, 9.17) is 4.42 Å². The minimum atomic E-state index is -0.638. The minimum absolute atomic E-state index is 0.441. The van der Waals surface area contributed by atoms with Gasteiger partial charge in [-0.05, 0) is 24.3 Å². The highest BCUT2D eigenvalue weighted by Gasteiger charge is 2.13. The number of aliphatic hydroxyl groups is 1. The van der Waals surface area contributed by atoms with Gasteiger partial charge >= 0.3 is 0 Å². The van der Waals surface area contributed by atoms with Crippen LogP contribution in [0.25, 0.3) is 5.65 Å². The number of nitrogens with zero attached hydrogens (tertiary/aromatic N) is 2. The lowest BCUT2D eigenvalue weighted by Crippen LogP contribution is -2.01. The van der Waals surface area contributed by atoms with Crippen LogP contribution >= 0.6 is 0 Å². The van der Waals surface area contributed by atoms with Gasteiger partial charge in [-0.1, -0.05) is 6.07 Å². The molecule has 0 bridgehead atoms. The molecule has 3 rings (SSSR count). The predicted octanol–water partition coefficient (Wildman–Crippen LogP) is 2.20. The highest BCUT2D eigenvalue weighted by molar-refractivity contribution is 5.39. The lowest BCUT2D eigenvalue weighted by atomic mass is 10.1. The number of rotatable bonds is 3. The average molecular weight is 228 g/mol. The molecule has 0 saturated carbocycles. The van der Waals surface area contributed by atoms with E-state index in [2.05, 4.69) is 4.98 Å². The summed E-state index contributed by atoms with van der Waals surface area (Å²) in [5, 5.41) is 10.1. The van der Waals surface area contributed by atoms with Crippen LogP contribution in [0, 0.1) is 0 Å². The number of hydrogen-bond acceptors (Lipinski definition) is 3. The number of hydrogen-bond donors (Lipinski definition) is 1. The summed E-state index contributed by atoms with van der Waals surface area (Å²) in [6.07, 6.45) is 5.15. The summed E-state index contributed by atoms with van der Waals surface area (Å²) in [5.74, 6) is 0.759. The number of furan rings is 1. The van der Waals surface area contributed by atoms with E-state index in [1.165, 1.54) is 0 Å². The van der Waals surface area contributed by atoms with Crippen molar-refractivity contribution in [2.24, 2.45) is 0 Å². The molecule has 86 valence electrons. The van der Waals surface area contributed by atoms with E-state index in [1.54, 1.807) is 6.26 Å². The van der Waals surface area contributed by atoms with Gasteiger partial charge in [-0.2, -0.15) is 0 Å². The molecule has 1 atom stereocenters. The fourth-order valence-corrected chi connectivity index (χ4v) is 1.84. The van der Waals surface area contributed by atoms with Crippen LogP contribution in [-0.4, -0.2) is 14.5 Å². The van der Waals surface area contributed by atoms with Crippen molar-refractivity contribution in [2.45, 2.75) is 12.5 Å². The van der Waals surface area contributed by atoms with Crippen LogP contribution in [0.15, 0.2) is 53.4 Å². The summed E-state index contributed by atoms with van der Waals surface area (Å²) in [7, 11) is 0. The molecular weight excluding hydrogens is 216 g/mol. The van der Waals surface area contributed by atoms with Gasteiger partial charge in [0.25, 0.3) is 0 Å². The van der Waals surface area contributed by atoms with Crippen LogP contribution in [0.1, 0.15) is 17.6 Å². The maximum Gasteiger partial charge on any atom is 0.137 e. The van der Waals surface area contributed by atoms with E-state index in [9.17, 15) is 5.11 Å². The zero-order valence-electron chi connectivity index (χ0n) is 9.15. The average Bonchev–Trinajstić information content (AvgIpc) is 2.96. The second kappa shape index (κ2) is 4.07. The highest BCUT2D eigenvalue weighted by Crippen LogP contribution is 2.18. The molecule has 0 radical (unpaired) electrons. The van der Waals surface area contributed by atoms with Crippen molar-refractivity contribution in [1.82, 2.24) is 9.38 Å². The monoisotopic (exact) mass is 228 g/mol. The molecule has 4 nitrogen and oxygen atoms in total. The molecule has 0 aromatic carbocycles. The van der Waals surface area contributed by atoms with Gasteiger partial charge in [0.1, 0.15) is 17.5 Å². The summed E-state index contributed by atoms with van der Waals surface area (Å²) in [6.45, 7) is 0. The number of fused-ring (bicyclic) bond motifs is 1. The lowest BCUT2D eigenvalue weighted by Gasteiger charge is -2.04. The van der Waals surface area contributed by atoms with Gasteiger partial charge in [-0.15, -0.1) is 0 Å². The summed E-state index contributed by atoms with van der Waals surface area (Å²) >= 11 is 0. The van der Waals surface area contributed by atoms with Crippen LogP contribution in [-0.2, 0) is 6.42 Å².